The first kappa shape index (κ1) is 24.0. The second-order valence-electron chi connectivity index (χ2n) is 8.32. The average molecular weight is 476 g/mol. The first-order valence-corrected chi connectivity index (χ1v) is 12.3. The summed E-state index contributed by atoms with van der Waals surface area (Å²) in [5, 5.41) is 12.3. The van der Waals surface area contributed by atoms with Crippen molar-refractivity contribution in [2.24, 2.45) is 7.05 Å². The number of aliphatic hydroxyl groups is 1. The number of imidazole rings is 1. The molecule has 2 heterocycles. The van der Waals surface area contributed by atoms with Crippen molar-refractivity contribution in [3.05, 3.63) is 95.4 Å². The van der Waals surface area contributed by atoms with Gasteiger partial charge in [0, 0.05) is 37.4 Å². The summed E-state index contributed by atoms with van der Waals surface area (Å²) in [6.07, 6.45) is 14.1. The molecular weight excluding hydrogens is 446 g/mol. The second kappa shape index (κ2) is 11.3. The number of pyridine rings is 1. The minimum absolute atomic E-state index is 0.120. The normalized spacial score (nSPS) is 18.9. The highest BCUT2D eigenvalue weighted by atomic mass is 32.2. The maximum absolute atomic E-state index is 13.3. The van der Waals surface area contributed by atoms with E-state index in [1.54, 1.807) is 24.7 Å². The van der Waals surface area contributed by atoms with Gasteiger partial charge in [-0.05, 0) is 79.8 Å². The van der Waals surface area contributed by atoms with E-state index in [9.17, 15) is 9.90 Å². The Morgan fingerprint density at radius 1 is 1.12 bits per heavy atom. The van der Waals surface area contributed by atoms with E-state index in [-0.39, 0.29) is 5.78 Å². The number of para-hydroxylation sites is 1. The summed E-state index contributed by atoms with van der Waals surface area (Å²) in [6.45, 7) is 0.563. The van der Waals surface area contributed by atoms with Gasteiger partial charge in [-0.15, -0.1) is 0 Å². The molecule has 0 saturated carbocycles. The van der Waals surface area contributed by atoms with E-state index < -0.39 is 5.60 Å². The number of ketones is 1. The van der Waals surface area contributed by atoms with Crippen molar-refractivity contribution < 1.29 is 14.6 Å². The second-order valence-corrected chi connectivity index (χ2v) is 9.32. The molecule has 1 atom stereocenters. The molecule has 0 fully saturated rings. The van der Waals surface area contributed by atoms with Crippen LogP contribution in [0.2, 0.25) is 0 Å². The molecule has 1 N–H and O–H groups in total. The molecule has 0 radical (unpaired) electrons. The Labute approximate surface area is 204 Å². The Bertz CT molecular complexity index is 1160. The van der Waals surface area contributed by atoms with Gasteiger partial charge in [0.2, 0.25) is 0 Å². The standard InChI is InChI=1S/C27H29N3O3S/c1-30-18-17-29-26(30)34-24-20-27(32,14-5-6-19-33-22-9-3-2-4-10-22)23(25(24)31)11-7-8-21-12-15-28-16-13-21/h2-4,9-13,15-18,20,32H,5-8,14,19H2,1H3/b23-11-. The number of carbonyl (C=O) groups is 1. The third-order valence-electron chi connectivity index (χ3n) is 5.78. The summed E-state index contributed by atoms with van der Waals surface area (Å²) in [6, 6.07) is 13.6. The molecule has 6 nitrogen and oxygen atoms in total. The summed E-state index contributed by atoms with van der Waals surface area (Å²) in [5.41, 5.74) is 0.326. The third kappa shape index (κ3) is 6.04. The van der Waals surface area contributed by atoms with Crippen LogP contribution in [0, 0.1) is 0 Å². The molecule has 1 aliphatic carbocycles. The molecule has 7 heteroatoms. The van der Waals surface area contributed by atoms with E-state index in [4.69, 9.17) is 4.74 Å². The number of benzene rings is 1. The van der Waals surface area contributed by atoms with Crippen molar-refractivity contribution in [2.45, 2.75) is 42.9 Å². The minimum Gasteiger partial charge on any atom is -0.494 e. The van der Waals surface area contributed by atoms with Crippen molar-refractivity contribution in [3.8, 4) is 5.75 Å². The van der Waals surface area contributed by atoms with E-state index >= 15 is 0 Å². The highest BCUT2D eigenvalue weighted by Gasteiger charge is 2.41. The van der Waals surface area contributed by atoms with Crippen LogP contribution >= 0.6 is 11.8 Å². The SMILES string of the molecule is Cn1ccnc1SC1=CC(O)(CCCCOc2ccccc2)/C(=C\CCc2ccncc2)C1=O. The zero-order valence-electron chi connectivity index (χ0n) is 19.3. The van der Waals surface area contributed by atoms with Crippen molar-refractivity contribution in [2.75, 3.05) is 6.61 Å². The quantitative estimate of drug-likeness (QED) is 0.314. The number of unbranched alkanes of at least 4 members (excludes halogenated alkanes) is 1. The Morgan fingerprint density at radius 2 is 1.91 bits per heavy atom. The number of rotatable bonds is 11. The number of hydrogen-bond acceptors (Lipinski definition) is 6. The number of aryl methyl sites for hydroxylation is 2. The predicted octanol–water partition coefficient (Wildman–Crippen LogP) is 4.91. The molecule has 0 saturated heterocycles. The Hall–Kier alpha value is -3.16. The zero-order valence-corrected chi connectivity index (χ0v) is 20.1. The monoisotopic (exact) mass is 475 g/mol. The summed E-state index contributed by atoms with van der Waals surface area (Å²) in [7, 11) is 1.89. The minimum atomic E-state index is -1.28. The van der Waals surface area contributed by atoms with E-state index in [1.165, 1.54) is 11.8 Å². The molecule has 0 amide bonds. The van der Waals surface area contributed by atoms with Crippen LogP contribution in [-0.4, -0.2) is 37.6 Å². The Morgan fingerprint density at radius 3 is 2.65 bits per heavy atom. The lowest BCUT2D eigenvalue weighted by Gasteiger charge is -2.22. The maximum atomic E-state index is 13.3. The van der Waals surface area contributed by atoms with Crippen LogP contribution in [0.3, 0.4) is 0 Å². The number of carbonyl (C=O) groups excluding carboxylic acids is 1. The molecule has 3 aromatic rings. The molecule has 0 bridgehead atoms. The molecule has 2 aromatic heterocycles. The number of hydrogen-bond donors (Lipinski definition) is 1. The van der Waals surface area contributed by atoms with Gasteiger partial charge in [0.05, 0.1) is 11.5 Å². The van der Waals surface area contributed by atoms with Gasteiger partial charge >= 0.3 is 0 Å². The Balaban J connectivity index is 1.42. The fourth-order valence-corrected chi connectivity index (χ4v) is 4.90. The van der Waals surface area contributed by atoms with Crippen LogP contribution in [0.15, 0.2) is 95.0 Å². The van der Waals surface area contributed by atoms with Crippen LogP contribution in [0.25, 0.3) is 0 Å². The molecule has 1 aliphatic rings. The van der Waals surface area contributed by atoms with Crippen molar-refractivity contribution in [1.82, 2.24) is 14.5 Å². The van der Waals surface area contributed by atoms with E-state index in [0.717, 1.165) is 35.7 Å². The van der Waals surface area contributed by atoms with Gasteiger partial charge < -0.3 is 14.4 Å². The smallest absolute Gasteiger partial charge is 0.198 e. The van der Waals surface area contributed by atoms with Gasteiger partial charge in [0.25, 0.3) is 0 Å². The van der Waals surface area contributed by atoms with Crippen LogP contribution in [0.4, 0.5) is 0 Å². The summed E-state index contributed by atoms with van der Waals surface area (Å²) >= 11 is 1.30. The van der Waals surface area contributed by atoms with Gasteiger partial charge in [0.1, 0.15) is 11.4 Å². The molecule has 34 heavy (non-hydrogen) atoms. The molecule has 1 aromatic carbocycles. The Kier molecular flexibility index (Phi) is 7.98. The van der Waals surface area contributed by atoms with Crippen molar-refractivity contribution >= 4 is 17.5 Å². The number of Topliss-reactive ketones (excluding diaryl/α,β-unsaturated/α-hetero) is 1. The van der Waals surface area contributed by atoms with Gasteiger partial charge in [-0.25, -0.2) is 4.98 Å². The van der Waals surface area contributed by atoms with E-state index in [0.29, 0.717) is 29.9 Å². The number of allylic oxidation sites excluding steroid dienone is 2. The van der Waals surface area contributed by atoms with Crippen molar-refractivity contribution in [1.29, 1.82) is 0 Å². The number of thioether (sulfide) groups is 1. The molecule has 176 valence electrons. The largest absolute Gasteiger partial charge is 0.494 e. The highest BCUT2D eigenvalue weighted by molar-refractivity contribution is 8.03. The van der Waals surface area contributed by atoms with Gasteiger partial charge in [-0.3, -0.25) is 9.78 Å². The lowest BCUT2D eigenvalue weighted by molar-refractivity contribution is -0.112. The van der Waals surface area contributed by atoms with Crippen molar-refractivity contribution in [3.63, 3.8) is 0 Å². The summed E-state index contributed by atoms with van der Waals surface area (Å²) in [4.78, 5) is 22.2. The fraction of sp³-hybridized carbons (Fsp3) is 0.296. The molecule has 1 unspecified atom stereocenters. The zero-order chi connectivity index (χ0) is 23.8. The van der Waals surface area contributed by atoms with Gasteiger partial charge in [0.15, 0.2) is 10.9 Å². The van der Waals surface area contributed by atoms with Gasteiger partial charge in [-0.1, -0.05) is 24.3 Å². The highest BCUT2D eigenvalue weighted by Crippen LogP contribution is 2.41. The predicted molar refractivity (Wildman–Crippen MR) is 134 cm³/mol. The number of ether oxygens (including phenoxy) is 1. The average Bonchev–Trinajstić information content (AvgIpc) is 3.36. The van der Waals surface area contributed by atoms with Gasteiger partial charge in [-0.2, -0.15) is 0 Å². The van der Waals surface area contributed by atoms with E-state index in [2.05, 4.69) is 9.97 Å². The van der Waals surface area contributed by atoms with E-state index in [1.807, 2.05) is 66.4 Å². The maximum Gasteiger partial charge on any atom is 0.198 e. The van der Waals surface area contributed by atoms with Crippen LogP contribution < -0.4 is 4.74 Å². The summed E-state index contributed by atoms with van der Waals surface area (Å²) < 4.78 is 7.64. The molecule has 0 aliphatic heterocycles. The first-order chi connectivity index (χ1) is 16.5. The summed E-state index contributed by atoms with van der Waals surface area (Å²) in [5.74, 6) is 0.716. The fourth-order valence-electron chi connectivity index (χ4n) is 3.93. The first-order valence-electron chi connectivity index (χ1n) is 11.5. The molecule has 4 rings (SSSR count). The van der Waals surface area contributed by atoms with Crippen LogP contribution in [0.5, 0.6) is 5.75 Å². The topological polar surface area (TPSA) is 77.2 Å². The lowest BCUT2D eigenvalue weighted by Crippen LogP contribution is -2.28. The number of aromatic nitrogens is 3. The van der Waals surface area contributed by atoms with Crippen LogP contribution in [0.1, 0.15) is 31.2 Å². The van der Waals surface area contributed by atoms with Crippen LogP contribution in [-0.2, 0) is 18.3 Å². The molecular formula is C27H29N3O3S. The third-order valence-corrected chi connectivity index (χ3v) is 6.88. The molecule has 0 spiro atoms. The lowest BCUT2D eigenvalue weighted by atomic mass is 9.89. The number of nitrogens with zero attached hydrogens (tertiary/aromatic N) is 3.